The standard InChI is InChI=1S/C21H37N/c1-3-5-7-18-9-11-20(12-10-18)21(17-22)15-13-19(14-16-21)8-6-4-2/h18-20H,3-16H2,1-2H3. The van der Waals surface area contributed by atoms with Gasteiger partial charge < -0.3 is 0 Å². The van der Waals surface area contributed by atoms with E-state index in [0.717, 1.165) is 11.8 Å². The van der Waals surface area contributed by atoms with Crippen molar-refractivity contribution < 1.29 is 0 Å². The molecule has 0 amide bonds. The third kappa shape index (κ3) is 4.50. The first-order valence-electron chi connectivity index (χ1n) is 10.1. The minimum Gasteiger partial charge on any atom is -0.198 e. The highest BCUT2D eigenvalue weighted by molar-refractivity contribution is 5.06. The Labute approximate surface area is 138 Å². The van der Waals surface area contributed by atoms with Crippen molar-refractivity contribution in [1.29, 1.82) is 5.26 Å². The lowest BCUT2D eigenvalue weighted by Gasteiger charge is -2.43. The van der Waals surface area contributed by atoms with Gasteiger partial charge in [0.2, 0.25) is 0 Å². The van der Waals surface area contributed by atoms with Crippen molar-refractivity contribution in [3.63, 3.8) is 0 Å². The largest absolute Gasteiger partial charge is 0.198 e. The molecule has 1 nitrogen and oxygen atoms in total. The van der Waals surface area contributed by atoms with Crippen LogP contribution in [0.4, 0.5) is 0 Å². The Hall–Kier alpha value is -0.510. The predicted molar refractivity (Wildman–Crippen MR) is 94.5 cm³/mol. The molecule has 2 aliphatic carbocycles. The minimum atomic E-state index is 0.0540. The molecule has 0 spiro atoms. The van der Waals surface area contributed by atoms with Crippen LogP contribution in [0.1, 0.15) is 104 Å². The molecule has 126 valence electrons. The summed E-state index contributed by atoms with van der Waals surface area (Å²) in [7, 11) is 0. The van der Waals surface area contributed by atoms with Crippen LogP contribution in [-0.4, -0.2) is 0 Å². The fourth-order valence-electron chi connectivity index (χ4n) is 5.08. The van der Waals surface area contributed by atoms with Gasteiger partial charge in [-0.25, -0.2) is 0 Å². The van der Waals surface area contributed by atoms with Gasteiger partial charge in [0.05, 0.1) is 11.5 Å². The second kappa shape index (κ2) is 8.95. The van der Waals surface area contributed by atoms with E-state index in [2.05, 4.69) is 19.9 Å². The third-order valence-corrected chi connectivity index (χ3v) is 6.78. The predicted octanol–water partition coefficient (Wildman–Crippen LogP) is 6.87. The van der Waals surface area contributed by atoms with Crippen LogP contribution in [0, 0.1) is 34.5 Å². The summed E-state index contributed by atoms with van der Waals surface area (Å²) in [5.74, 6) is 2.60. The molecule has 2 aliphatic rings. The second-order valence-corrected chi connectivity index (χ2v) is 8.21. The van der Waals surface area contributed by atoms with E-state index in [1.54, 1.807) is 0 Å². The van der Waals surface area contributed by atoms with Crippen molar-refractivity contribution in [3.8, 4) is 6.07 Å². The molecule has 0 aliphatic heterocycles. The first-order valence-corrected chi connectivity index (χ1v) is 10.1. The molecule has 0 aromatic heterocycles. The number of nitrogens with zero attached hydrogens (tertiary/aromatic N) is 1. The van der Waals surface area contributed by atoms with E-state index >= 15 is 0 Å². The van der Waals surface area contributed by atoms with E-state index in [1.165, 1.54) is 89.9 Å². The molecule has 2 fully saturated rings. The maximum absolute atomic E-state index is 9.91. The van der Waals surface area contributed by atoms with Crippen LogP contribution in [0.25, 0.3) is 0 Å². The Morgan fingerprint density at radius 3 is 1.77 bits per heavy atom. The van der Waals surface area contributed by atoms with Crippen molar-refractivity contribution in [3.05, 3.63) is 0 Å². The Morgan fingerprint density at radius 2 is 1.32 bits per heavy atom. The number of nitriles is 1. The van der Waals surface area contributed by atoms with Crippen LogP contribution in [0.5, 0.6) is 0 Å². The summed E-state index contributed by atoms with van der Waals surface area (Å²) >= 11 is 0. The van der Waals surface area contributed by atoms with Crippen LogP contribution in [0.2, 0.25) is 0 Å². The first kappa shape index (κ1) is 17.8. The zero-order valence-electron chi connectivity index (χ0n) is 15.1. The van der Waals surface area contributed by atoms with E-state index in [-0.39, 0.29) is 5.41 Å². The zero-order chi connectivity index (χ0) is 15.8. The smallest absolute Gasteiger partial charge is 0.0692 e. The second-order valence-electron chi connectivity index (χ2n) is 8.21. The van der Waals surface area contributed by atoms with Gasteiger partial charge in [-0.15, -0.1) is 0 Å². The summed E-state index contributed by atoms with van der Waals surface area (Å²) in [5, 5.41) is 9.91. The molecule has 0 atom stereocenters. The molecule has 2 rings (SSSR count). The number of unbranched alkanes of at least 4 members (excludes halogenated alkanes) is 2. The Kier molecular flexibility index (Phi) is 7.26. The third-order valence-electron chi connectivity index (χ3n) is 6.78. The average Bonchev–Trinajstić information content (AvgIpc) is 2.59. The lowest BCUT2D eigenvalue weighted by molar-refractivity contribution is 0.0844. The van der Waals surface area contributed by atoms with Crippen LogP contribution in [-0.2, 0) is 0 Å². The Balaban J connectivity index is 1.82. The molecule has 0 saturated heterocycles. The maximum Gasteiger partial charge on any atom is 0.0692 e. The minimum absolute atomic E-state index is 0.0540. The summed E-state index contributed by atoms with van der Waals surface area (Å²) in [4.78, 5) is 0. The highest BCUT2D eigenvalue weighted by Crippen LogP contribution is 2.50. The van der Waals surface area contributed by atoms with Crippen LogP contribution in [0.15, 0.2) is 0 Å². The highest BCUT2D eigenvalue weighted by atomic mass is 14.5. The van der Waals surface area contributed by atoms with Gasteiger partial charge in [-0.3, -0.25) is 0 Å². The molecule has 0 aromatic carbocycles. The molecular weight excluding hydrogens is 266 g/mol. The summed E-state index contributed by atoms with van der Waals surface area (Å²) < 4.78 is 0. The van der Waals surface area contributed by atoms with E-state index in [0.29, 0.717) is 5.92 Å². The van der Waals surface area contributed by atoms with E-state index < -0.39 is 0 Å². The molecule has 0 aromatic rings. The quantitative estimate of drug-likeness (QED) is 0.503. The SMILES string of the molecule is CCCCC1CCC(C2(C#N)CCC(CCCC)CC2)CC1. The highest BCUT2D eigenvalue weighted by Gasteiger charge is 2.43. The van der Waals surface area contributed by atoms with Crippen molar-refractivity contribution in [2.45, 2.75) is 104 Å². The molecule has 0 N–H and O–H groups in total. The van der Waals surface area contributed by atoms with Crippen LogP contribution >= 0.6 is 0 Å². The van der Waals surface area contributed by atoms with Crippen molar-refractivity contribution in [2.24, 2.45) is 23.2 Å². The van der Waals surface area contributed by atoms with Crippen molar-refractivity contribution in [1.82, 2.24) is 0 Å². The Bertz CT molecular complexity index is 337. The van der Waals surface area contributed by atoms with Crippen molar-refractivity contribution in [2.75, 3.05) is 0 Å². The number of hydrogen-bond donors (Lipinski definition) is 0. The average molecular weight is 304 g/mol. The molecule has 0 radical (unpaired) electrons. The summed E-state index contributed by atoms with van der Waals surface area (Å²) in [5.41, 5.74) is 0.0540. The summed E-state index contributed by atoms with van der Waals surface area (Å²) in [6.45, 7) is 4.59. The summed E-state index contributed by atoms with van der Waals surface area (Å²) in [6, 6.07) is 2.82. The maximum atomic E-state index is 9.91. The monoisotopic (exact) mass is 303 g/mol. The zero-order valence-corrected chi connectivity index (χ0v) is 15.1. The molecule has 0 bridgehead atoms. The molecule has 1 heteroatoms. The van der Waals surface area contributed by atoms with Gasteiger partial charge in [-0.2, -0.15) is 5.26 Å². The van der Waals surface area contributed by atoms with Gasteiger partial charge in [-0.05, 0) is 56.3 Å². The van der Waals surface area contributed by atoms with Gasteiger partial charge in [0, 0.05) is 0 Å². The molecule has 22 heavy (non-hydrogen) atoms. The lowest BCUT2D eigenvalue weighted by atomic mass is 9.59. The lowest BCUT2D eigenvalue weighted by Crippen LogP contribution is -2.36. The van der Waals surface area contributed by atoms with E-state index in [4.69, 9.17) is 0 Å². The summed E-state index contributed by atoms with van der Waals surface area (Å²) in [6.07, 6.45) is 18.8. The first-order chi connectivity index (χ1) is 10.7. The van der Waals surface area contributed by atoms with Crippen molar-refractivity contribution >= 4 is 0 Å². The topological polar surface area (TPSA) is 23.8 Å². The number of rotatable bonds is 7. The molecular formula is C21H37N. The fourth-order valence-corrected chi connectivity index (χ4v) is 5.08. The van der Waals surface area contributed by atoms with E-state index in [9.17, 15) is 5.26 Å². The molecule has 0 unspecified atom stereocenters. The van der Waals surface area contributed by atoms with Gasteiger partial charge in [-0.1, -0.05) is 65.2 Å². The number of hydrogen-bond acceptors (Lipinski definition) is 1. The molecule has 2 saturated carbocycles. The normalized spacial score (nSPS) is 36.0. The van der Waals surface area contributed by atoms with Gasteiger partial charge in [0.25, 0.3) is 0 Å². The Morgan fingerprint density at radius 1 is 0.818 bits per heavy atom. The molecule has 0 heterocycles. The van der Waals surface area contributed by atoms with Gasteiger partial charge in [0.15, 0.2) is 0 Å². The fraction of sp³-hybridized carbons (Fsp3) is 0.952. The van der Waals surface area contributed by atoms with Gasteiger partial charge in [0.1, 0.15) is 0 Å². The van der Waals surface area contributed by atoms with E-state index in [1.807, 2.05) is 0 Å². The van der Waals surface area contributed by atoms with Crippen LogP contribution < -0.4 is 0 Å². The van der Waals surface area contributed by atoms with Gasteiger partial charge >= 0.3 is 0 Å². The van der Waals surface area contributed by atoms with Crippen LogP contribution in [0.3, 0.4) is 0 Å².